The summed E-state index contributed by atoms with van der Waals surface area (Å²) in [5.41, 5.74) is 2.26. The van der Waals surface area contributed by atoms with Crippen molar-refractivity contribution in [3.8, 4) is 0 Å². The largest absolute Gasteiger partial charge is 0.477 e. The number of hydrogen-bond donors (Lipinski definition) is 2. The van der Waals surface area contributed by atoms with Crippen molar-refractivity contribution >= 4 is 17.3 Å². The maximum absolute atomic E-state index is 10.9. The second kappa shape index (κ2) is 5.99. The molecule has 0 fully saturated rings. The number of carboxylic acid groups (broad SMARTS) is 1. The molecule has 19 heavy (non-hydrogen) atoms. The highest BCUT2D eigenvalue weighted by Gasteiger charge is 2.10. The Bertz CT molecular complexity index is 574. The summed E-state index contributed by atoms with van der Waals surface area (Å²) in [5.74, 6) is -0.852. The van der Waals surface area contributed by atoms with E-state index in [2.05, 4.69) is 10.4 Å². The standard InChI is InChI=1S/C13H17N3O2S/c1-9-11(5-12(19-9)13(17)18)7-14-4-3-10-6-15-16(2)8-10/h5-6,8,14H,3-4,7H2,1-2H3,(H,17,18). The molecule has 0 bridgehead atoms. The Balaban J connectivity index is 1.81. The Morgan fingerprint density at radius 3 is 2.95 bits per heavy atom. The third-order valence-corrected chi connectivity index (χ3v) is 3.98. The first-order valence-corrected chi connectivity index (χ1v) is 6.89. The normalized spacial score (nSPS) is 10.8. The van der Waals surface area contributed by atoms with Crippen molar-refractivity contribution in [1.82, 2.24) is 15.1 Å². The quantitative estimate of drug-likeness (QED) is 0.792. The van der Waals surface area contributed by atoms with Gasteiger partial charge in [0.2, 0.25) is 0 Å². The van der Waals surface area contributed by atoms with Gasteiger partial charge in [0.1, 0.15) is 4.88 Å². The van der Waals surface area contributed by atoms with Gasteiger partial charge in [0, 0.05) is 24.7 Å². The van der Waals surface area contributed by atoms with Crippen LogP contribution in [-0.4, -0.2) is 27.4 Å². The SMILES string of the molecule is Cc1sc(C(=O)O)cc1CNCCc1cnn(C)c1. The highest BCUT2D eigenvalue weighted by molar-refractivity contribution is 7.14. The van der Waals surface area contributed by atoms with E-state index >= 15 is 0 Å². The molecule has 2 N–H and O–H groups in total. The summed E-state index contributed by atoms with van der Waals surface area (Å²) >= 11 is 1.33. The number of aromatic nitrogens is 2. The average molecular weight is 279 g/mol. The fourth-order valence-corrected chi connectivity index (χ4v) is 2.74. The molecule has 0 saturated carbocycles. The van der Waals surface area contributed by atoms with Crippen molar-refractivity contribution < 1.29 is 9.90 Å². The van der Waals surface area contributed by atoms with Gasteiger partial charge in [0.25, 0.3) is 0 Å². The van der Waals surface area contributed by atoms with Gasteiger partial charge < -0.3 is 10.4 Å². The lowest BCUT2D eigenvalue weighted by atomic mass is 10.2. The minimum absolute atomic E-state index is 0.404. The molecule has 0 aliphatic carbocycles. The van der Waals surface area contributed by atoms with Gasteiger partial charge in [-0.2, -0.15) is 5.10 Å². The van der Waals surface area contributed by atoms with Gasteiger partial charge in [-0.25, -0.2) is 4.79 Å². The monoisotopic (exact) mass is 279 g/mol. The highest BCUT2D eigenvalue weighted by Crippen LogP contribution is 2.21. The number of carboxylic acids is 1. The first kappa shape index (κ1) is 13.8. The zero-order valence-corrected chi connectivity index (χ0v) is 11.8. The van der Waals surface area contributed by atoms with Crippen LogP contribution in [0.4, 0.5) is 0 Å². The van der Waals surface area contributed by atoms with Gasteiger partial charge in [-0.05, 0) is 37.1 Å². The number of hydrogen-bond acceptors (Lipinski definition) is 4. The lowest BCUT2D eigenvalue weighted by Crippen LogP contribution is -2.16. The molecule has 2 aromatic heterocycles. The minimum Gasteiger partial charge on any atom is -0.477 e. The van der Waals surface area contributed by atoms with Crippen LogP contribution in [0.2, 0.25) is 0 Å². The number of rotatable bonds is 6. The maximum atomic E-state index is 10.9. The van der Waals surface area contributed by atoms with Crippen molar-refractivity contribution in [2.45, 2.75) is 19.9 Å². The summed E-state index contributed by atoms with van der Waals surface area (Å²) in [5, 5.41) is 16.4. The van der Waals surface area contributed by atoms with E-state index in [0.717, 1.165) is 23.4 Å². The molecule has 0 saturated heterocycles. The fraction of sp³-hybridized carbons (Fsp3) is 0.385. The molecule has 0 aromatic carbocycles. The van der Waals surface area contributed by atoms with Crippen LogP contribution >= 0.6 is 11.3 Å². The van der Waals surface area contributed by atoms with E-state index in [9.17, 15) is 4.79 Å². The predicted molar refractivity (Wildman–Crippen MR) is 74.6 cm³/mol. The topological polar surface area (TPSA) is 67.2 Å². The Kier molecular flexibility index (Phi) is 4.34. The van der Waals surface area contributed by atoms with Crippen molar-refractivity contribution in [2.75, 3.05) is 6.54 Å². The van der Waals surface area contributed by atoms with Gasteiger partial charge in [0.05, 0.1) is 6.20 Å². The molecule has 0 amide bonds. The highest BCUT2D eigenvalue weighted by atomic mass is 32.1. The van der Waals surface area contributed by atoms with Gasteiger partial charge in [-0.15, -0.1) is 11.3 Å². The van der Waals surface area contributed by atoms with Gasteiger partial charge in [-0.1, -0.05) is 0 Å². The minimum atomic E-state index is -0.852. The molecular formula is C13H17N3O2S. The molecule has 2 rings (SSSR count). The van der Waals surface area contributed by atoms with Crippen LogP contribution in [0.3, 0.4) is 0 Å². The second-order valence-electron chi connectivity index (χ2n) is 4.45. The average Bonchev–Trinajstić information content (AvgIpc) is 2.92. The van der Waals surface area contributed by atoms with Crippen molar-refractivity contribution in [3.05, 3.63) is 39.3 Å². The maximum Gasteiger partial charge on any atom is 0.345 e. The molecular weight excluding hydrogens is 262 g/mol. The summed E-state index contributed by atoms with van der Waals surface area (Å²) in [4.78, 5) is 12.3. The van der Waals surface area contributed by atoms with Gasteiger partial charge in [0.15, 0.2) is 0 Å². The number of thiophene rings is 1. The summed E-state index contributed by atoms with van der Waals surface area (Å²) in [6, 6.07) is 1.75. The molecule has 6 heteroatoms. The molecule has 0 spiro atoms. The van der Waals surface area contributed by atoms with E-state index in [1.807, 2.05) is 26.4 Å². The Morgan fingerprint density at radius 1 is 1.58 bits per heavy atom. The summed E-state index contributed by atoms with van der Waals surface area (Å²) in [6.45, 7) is 3.51. The molecule has 0 atom stereocenters. The summed E-state index contributed by atoms with van der Waals surface area (Å²) in [7, 11) is 1.90. The van der Waals surface area contributed by atoms with Crippen LogP contribution < -0.4 is 5.32 Å². The zero-order chi connectivity index (χ0) is 13.8. The predicted octanol–water partition coefficient (Wildman–Crippen LogP) is 1.82. The summed E-state index contributed by atoms with van der Waals surface area (Å²) < 4.78 is 1.79. The van der Waals surface area contributed by atoms with Crippen LogP contribution in [-0.2, 0) is 20.0 Å². The number of carbonyl (C=O) groups is 1. The molecule has 102 valence electrons. The Labute approximate surface area is 115 Å². The Morgan fingerprint density at radius 2 is 2.37 bits per heavy atom. The Hall–Kier alpha value is -1.66. The van der Waals surface area contributed by atoms with Crippen LogP contribution in [0.25, 0.3) is 0 Å². The molecule has 2 aromatic rings. The molecule has 2 heterocycles. The number of nitrogens with zero attached hydrogens (tertiary/aromatic N) is 2. The first-order chi connectivity index (χ1) is 9.06. The van der Waals surface area contributed by atoms with E-state index in [-0.39, 0.29) is 0 Å². The van der Waals surface area contributed by atoms with E-state index in [1.54, 1.807) is 10.7 Å². The van der Waals surface area contributed by atoms with Crippen molar-refractivity contribution in [1.29, 1.82) is 0 Å². The molecule has 0 unspecified atom stereocenters. The summed E-state index contributed by atoms with van der Waals surface area (Å²) in [6.07, 6.45) is 4.78. The van der Waals surface area contributed by atoms with Crippen LogP contribution in [0.15, 0.2) is 18.5 Å². The third-order valence-electron chi connectivity index (χ3n) is 2.90. The fourth-order valence-electron chi connectivity index (χ4n) is 1.86. The number of aryl methyl sites for hydroxylation is 2. The lowest BCUT2D eigenvalue weighted by molar-refractivity contribution is 0.0702. The van der Waals surface area contributed by atoms with Crippen LogP contribution in [0.5, 0.6) is 0 Å². The van der Waals surface area contributed by atoms with Crippen molar-refractivity contribution in [2.24, 2.45) is 7.05 Å². The van der Waals surface area contributed by atoms with Crippen LogP contribution in [0.1, 0.15) is 25.7 Å². The van der Waals surface area contributed by atoms with Crippen molar-refractivity contribution in [3.63, 3.8) is 0 Å². The molecule has 0 aliphatic rings. The van der Waals surface area contributed by atoms with Crippen LogP contribution in [0, 0.1) is 6.92 Å². The third kappa shape index (κ3) is 3.65. The van der Waals surface area contributed by atoms with Gasteiger partial charge in [-0.3, -0.25) is 4.68 Å². The van der Waals surface area contributed by atoms with Gasteiger partial charge >= 0.3 is 5.97 Å². The lowest BCUT2D eigenvalue weighted by Gasteiger charge is -2.02. The smallest absolute Gasteiger partial charge is 0.345 e. The number of nitrogens with one attached hydrogen (secondary N) is 1. The van der Waals surface area contributed by atoms with E-state index in [0.29, 0.717) is 11.4 Å². The second-order valence-corrected chi connectivity index (χ2v) is 5.70. The molecule has 0 aliphatic heterocycles. The van der Waals surface area contributed by atoms with E-state index < -0.39 is 5.97 Å². The first-order valence-electron chi connectivity index (χ1n) is 6.07. The molecule has 5 nitrogen and oxygen atoms in total. The van der Waals surface area contributed by atoms with E-state index in [1.165, 1.54) is 16.9 Å². The van der Waals surface area contributed by atoms with E-state index in [4.69, 9.17) is 5.11 Å². The zero-order valence-electron chi connectivity index (χ0n) is 11.0. The molecule has 0 radical (unpaired) electrons. The number of aromatic carboxylic acids is 1.